The molecule has 0 fully saturated rings. The number of aryl methyl sites for hydroxylation is 1. The molecule has 2 aromatic carbocycles. The smallest absolute Gasteiger partial charge is 0.179 e. The second-order valence-corrected chi connectivity index (χ2v) is 7.08. The van der Waals surface area contributed by atoms with E-state index in [0.717, 1.165) is 12.0 Å². The van der Waals surface area contributed by atoms with Gasteiger partial charge in [0.1, 0.15) is 0 Å². The molecule has 0 saturated heterocycles. The van der Waals surface area contributed by atoms with E-state index in [-0.39, 0.29) is 15.7 Å². The molecule has 0 bridgehead atoms. The Labute approximate surface area is 124 Å². The summed E-state index contributed by atoms with van der Waals surface area (Å²) in [6, 6.07) is 14.3. The van der Waals surface area contributed by atoms with Crippen molar-refractivity contribution in [2.24, 2.45) is 0 Å². The number of rotatable bonds is 5. The maximum atomic E-state index is 12.3. The third-order valence-electron chi connectivity index (χ3n) is 3.01. The van der Waals surface area contributed by atoms with E-state index >= 15 is 0 Å². The maximum absolute atomic E-state index is 12.3. The number of nitrogen functional groups attached to an aromatic ring is 1. The summed E-state index contributed by atoms with van der Waals surface area (Å²) in [5, 5.41) is 0.221. The lowest BCUT2D eigenvalue weighted by Crippen LogP contribution is -2.09. The van der Waals surface area contributed by atoms with Crippen LogP contribution in [0.4, 0.5) is 5.69 Å². The Balaban J connectivity index is 2.06. The minimum absolute atomic E-state index is 0.0606. The molecule has 0 amide bonds. The zero-order valence-electron chi connectivity index (χ0n) is 10.9. The first kappa shape index (κ1) is 14.9. The molecule has 0 aromatic heterocycles. The molecule has 0 aliphatic rings. The highest BCUT2D eigenvalue weighted by atomic mass is 35.5. The summed E-state index contributed by atoms with van der Waals surface area (Å²) < 4.78 is 24.5. The van der Waals surface area contributed by atoms with Gasteiger partial charge in [0, 0.05) is 5.69 Å². The van der Waals surface area contributed by atoms with Gasteiger partial charge in [-0.05, 0) is 36.6 Å². The van der Waals surface area contributed by atoms with Crippen molar-refractivity contribution in [3.05, 3.63) is 59.1 Å². The zero-order valence-corrected chi connectivity index (χ0v) is 12.5. The average molecular weight is 310 g/mol. The van der Waals surface area contributed by atoms with Gasteiger partial charge in [-0.15, -0.1) is 0 Å². The standard InChI is InChI=1S/C15H16ClNO2S/c16-14-9-8-13(17)11-15(14)20(18,19)10-4-7-12-5-2-1-3-6-12/h1-3,5-6,8-9,11H,4,7,10,17H2. The van der Waals surface area contributed by atoms with Crippen molar-refractivity contribution in [2.75, 3.05) is 11.5 Å². The van der Waals surface area contributed by atoms with Gasteiger partial charge in [-0.2, -0.15) is 0 Å². The van der Waals surface area contributed by atoms with Crippen LogP contribution in [0, 0.1) is 0 Å². The van der Waals surface area contributed by atoms with Gasteiger partial charge < -0.3 is 5.73 Å². The molecule has 2 rings (SSSR count). The summed E-state index contributed by atoms with van der Waals surface area (Å²) in [5.41, 5.74) is 7.15. The molecule has 0 saturated carbocycles. The molecule has 2 aromatic rings. The zero-order chi connectivity index (χ0) is 14.6. The molecule has 2 N–H and O–H groups in total. The number of benzene rings is 2. The van der Waals surface area contributed by atoms with Crippen molar-refractivity contribution in [1.29, 1.82) is 0 Å². The minimum atomic E-state index is -3.40. The average Bonchev–Trinajstić information content (AvgIpc) is 2.42. The maximum Gasteiger partial charge on any atom is 0.179 e. The van der Waals surface area contributed by atoms with E-state index in [2.05, 4.69) is 0 Å². The van der Waals surface area contributed by atoms with Crippen molar-refractivity contribution < 1.29 is 8.42 Å². The molecule has 0 heterocycles. The highest BCUT2D eigenvalue weighted by Crippen LogP contribution is 2.25. The second kappa shape index (κ2) is 6.29. The van der Waals surface area contributed by atoms with Crippen molar-refractivity contribution >= 4 is 27.1 Å². The highest BCUT2D eigenvalue weighted by Gasteiger charge is 2.18. The van der Waals surface area contributed by atoms with E-state index in [9.17, 15) is 8.42 Å². The fraction of sp³-hybridized carbons (Fsp3) is 0.200. The summed E-state index contributed by atoms with van der Waals surface area (Å²) >= 11 is 5.94. The predicted octanol–water partition coefficient (Wildman–Crippen LogP) is 3.33. The topological polar surface area (TPSA) is 60.2 Å². The van der Waals surface area contributed by atoms with Crippen LogP contribution in [0.3, 0.4) is 0 Å². The molecular weight excluding hydrogens is 294 g/mol. The second-order valence-electron chi connectivity index (χ2n) is 4.60. The van der Waals surface area contributed by atoms with Crippen molar-refractivity contribution in [2.45, 2.75) is 17.7 Å². The van der Waals surface area contributed by atoms with Crippen molar-refractivity contribution in [1.82, 2.24) is 0 Å². The van der Waals surface area contributed by atoms with Crippen LogP contribution in [0.1, 0.15) is 12.0 Å². The minimum Gasteiger partial charge on any atom is -0.399 e. The fourth-order valence-electron chi connectivity index (χ4n) is 1.98. The Hall–Kier alpha value is -1.52. The molecule has 20 heavy (non-hydrogen) atoms. The number of halogens is 1. The Bertz CT molecular complexity index is 684. The first-order valence-electron chi connectivity index (χ1n) is 6.31. The summed E-state index contributed by atoms with van der Waals surface area (Å²) in [6.07, 6.45) is 1.28. The Kier molecular flexibility index (Phi) is 4.68. The van der Waals surface area contributed by atoms with Gasteiger partial charge in [0.05, 0.1) is 15.7 Å². The van der Waals surface area contributed by atoms with Crippen LogP contribution in [0.5, 0.6) is 0 Å². The van der Waals surface area contributed by atoms with Crippen LogP contribution in [-0.2, 0) is 16.3 Å². The van der Waals surface area contributed by atoms with Gasteiger partial charge >= 0.3 is 0 Å². The molecule has 0 aliphatic heterocycles. The fourth-order valence-corrected chi connectivity index (χ4v) is 3.87. The molecule has 106 valence electrons. The van der Waals surface area contributed by atoms with Gasteiger partial charge in [-0.25, -0.2) is 8.42 Å². The van der Waals surface area contributed by atoms with Gasteiger partial charge in [-0.1, -0.05) is 41.9 Å². The van der Waals surface area contributed by atoms with Crippen molar-refractivity contribution in [3.63, 3.8) is 0 Å². The first-order valence-corrected chi connectivity index (χ1v) is 8.34. The number of anilines is 1. The molecule has 0 spiro atoms. The van der Waals surface area contributed by atoms with Crippen LogP contribution in [0.15, 0.2) is 53.4 Å². The molecule has 0 aliphatic carbocycles. The van der Waals surface area contributed by atoms with E-state index in [4.69, 9.17) is 17.3 Å². The van der Waals surface area contributed by atoms with Gasteiger partial charge in [0.15, 0.2) is 9.84 Å². The van der Waals surface area contributed by atoms with E-state index in [1.165, 1.54) is 12.1 Å². The molecule has 0 atom stereocenters. The normalized spacial score (nSPS) is 11.4. The molecule has 5 heteroatoms. The number of nitrogens with two attached hydrogens (primary N) is 1. The monoisotopic (exact) mass is 309 g/mol. The Morgan fingerprint density at radius 2 is 1.75 bits per heavy atom. The lowest BCUT2D eigenvalue weighted by Gasteiger charge is -2.07. The number of hydrogen-bond donors (Lipinski definition) is 1. The van der Waals surface area contributed by atoms with E-state index in [1.54, 1.807) is 6.07 Å². The summed E-state index contributed by atoms with van der Waals surface area (Å²) in [6.45, 7) is 0. The van der Waals surface area contributed by atoms with Crippen LogP contribution >= 0.6 is 11.6 Å². The summed E-state index contributed by atoms with van der Waals surface area (Å²) in [4.78, 5) is 0.118. The van der Waals surface area contributed by atoms with E-state index in [1.807, 2.05) is 30.3 Å². The Morgan fingerprint density at radius 1 is 1.05 bits per heavy atom. The Morgan fingerprint density at radius 3 is 2.45 bits per heavy atom. The molecular formula is C15H16ClNO2S. The largest absolute Gasteiger partial charge is 0.399 e. The highest BCUT2D eigenvalue weighted by molar-refractivity contribution is 7.91. The summed E-state index contributed by atoms with van der Waals surface area (Å²) in [7, 11) is -3.40. The van der Waals surface area contributed by atoms with E-state index < -0.39 is 9.84 Å². The third kappa shape index (κ3) is 3.74. The first-order chi connectivity index (χ1) is 9.49. The molecule has 0 radical (unpaired) electrons. The van der Waals surface area contributed by atoms with E-state index in [0.29, 0.717) is 12.1 Å². The quantitative estimate of drug-likeness (QED) is 0.862. The number of sulfone groups is 1. The molecule has 3 nitrogen and oxygen atoms in total. The van der Waals surface area contributed by atoms with Crippen LogP contribution < -0.4 is 5.73 Å². The SMILES string of the molecule is Nc1ccc(Cl)c(S(=O)(=O)CCCc2ccccc2)c1. The van der Waals surface area contributed by atoms with Gasteiger partial charge in [0.2, 0.25) is 0 Å². The van der Waals surface area contributed by atoms with Crippen molar-refractivity contribution in [3.8, 4) is 0 Å². The number of hydrogen-bond acceptors (Lipinski definition) is 3. The van der Waals surface area contributed by atoms with Crippen LogP contribution in [0.25, 0.3) is 0 Å². The predicted molar refractivity (Wildman–Crippen MR) is 82.7 cm³/mol. The van der Waals surface area contributed by atoms with Crippen LogP contribution in [-0.4, -0.2) is 14.2 Å². The molecule has 0 unspecified atom stereocenters. The summed E-state index contributed by atoms with van der Waals surface area (Å²) in [5.74, 6) is 0.0606. The van der Waals surface area contributed by atoms with Crippen LogP contribution in [0.2, 0.25) is 5.02 Å². The lowest BCUT2D eigenvalue weighted by atomic mass is 10.1. The van der Waals surface area contributed by atoms with Gasteiger partial charge in [-0.3, -0.25) is 0 Å². The third-order valence-corrected chi connectivity index (χ3v) is 5.29. The lowest BCUT2D eigenvalue weighted by molar-refractivity contribution is 0.593. The van der Waals surface area contributed by atoms with Gasteiger partial charge in [0.25, 0.3) is 0 Å².